The maximum absolute atomic E-state index is 11.0. The minimum atomic E-state index is -0.508. The molecule has 0 radical (unpaired) electrons. The highest BCUT2D eigenvalue weighted by Crippen LogP contribution is 2.33. The van der Waals surface area contributed by atoms with Crippen molar-refractivity contribution in [1.82, 2.24) is 9.97 Å². The van der Waals surface area contributed by atoms with Crippen molar-refractivity contribution in [2.75, 3.05) is 17.2 Å². The topological polar surface area (TPSA) is 98.2 Å². The van der Waals surface area contributed by atoms with Crippen LogP contribution in [0, 0.1) is 10.1 Å². The predicted molar refractivity (Wildman–Crippen MR) is 63.8 cm³/mol. The molecule has 0 bridgehead atoms. The van der Waals surface area contributed by atoms with Crippen LogP contribution in [0.25, 0.3) is 0 Å². The third kappa shape index (κ3) is 2.13. The Kier molecular flexibility index (Phi) is 3.08. The summed E-state index contributed by atoms with van der Waals surface area (Å²) in [5, 5.41) is 11.0. The fourth-order valence-corrected chi connectivity index (χ4v) is 2.18. The number of nitro groups is 1. The number of anilines is 2. The molecule has 1 fully saturated rings. The first-order valence-electron chi connectivity index (χ1n) is 5.62. The average molecular weight is 237 g/mol. The lowest BCUT2D eigenvalue weighted by molar-refractivity contribution is -0.383. The Hall–Kier alpha value is -1.92. The molecule has 7 nitrogen and oxygen atoms in total. The van der Waals surface area contributed by atoms with Gasteiger partial charge in [-0.2, -0.15) is 0 Å². The standard InChI is InChI=1S/C10H15N5O2/c1-7-4-2-3-5-14(7)10-8(15(16)17)9(11)12-6-13-10/h6-7H,2-5H2,1H3,(H2,11,12,13)/t7-/m0/s1. The minimum Gasteiger partial charge on any atom is -0.378 e. The number of aromatic nitrogens is 2. The average Bonchev–Trinajstić information content (AvgIpc) is 2.28. The second-order valence-corrected chi connectivity index (χ2v) is 4.23. The molecule has 1 aromatic rings. The number of nitrogen functional groups attached to an aromatic ring is 1. The van der Waals surface area contributed by atoms with Crippen LogP contribution in [0.4, 0.5) is 17.3 Å². The molecule has 0 amide bonds. The largest absolute Gasteiger partial charge is 0.378 e. The highest BCUT2D eigenvalue weighted by molar-refractivity contribution is 5.68. The van der Waals surface area contributed by atoms with Gasteiger partial charge >= 0.3 is 5.69 Å². The normalized spacial score (nSPS) is 20.3. The Morgan fingerprint density at radius 2 is 2.29 bits per heavy atom. The van der Waals surface area contributed by atoms with Gasteiger partial charge in [0.1, 0.15) is 6.33 Å². The first-order chi connectivity index (χ1) is 8.11. The van der Waals surface area contributed by atoms with E-state index in [0.717, 1.165) is 25.8 Å². The molecule has 1 saturated heterocycles. The van der Waals surface area contributed by atoms with E-state index in [4.69, 9.17) is 5.73 Å². The summed E-state index contributed by atoms with van der Waals surface area (Å²) < 4.78 is 0. The number of rotatable bonds is 2. The van der Waals surface area contributed by atoms with E-state index in [1.54, 1.807) is 0 Å². The zero-order chi connectivity index (χ0) is 12.4. The Labute approximate surface area is 98.8 Å². The van der Waals surface area contributed by atoms with Crippen molar-refractivity contribution in [1.29, 1.82) is 0 Å². The van der Waals surface area contributed by atoms with Crippen LogP contribution in [0.5, 0.6) is 0 Å². The van der Waals surface area contributed by atoms with Gasteiger partial charge in [0.2, 0.25) is 11.6 Å². The van der Waals surface area contributed by atoms with Crippen molar-refractivity contribution in [3.63, 3.8) is 0 Å². The van der Waals surface area contributed by atoms with Crippen LogP contribution in [0.2, 0.25) is 0 Å². The van der Waals surface area contributed by atoms with Gasteiger partial charge in [-0.15, -0.1) is 0 Å². The molecule has 1 aliphatic heterocycles. The molecule has 0 spiro atoms. The summed E-state index contributed by atoms with van der Waals surface area (Å²) in [6.45, 7) is 2.82. The highest BCUT2D eigenvalue weighted by Gasteiger charge is 2.29. The van der Waals surface area contributed by atoms with Gasteiger partial charge in [-0.05, 0) is 26.2 Å². The molecule has 1 atom stereocenters. The van der Waals surface area contributed by atoms with E-state index in [-0.39, 0.29) is 17.5 Å². The van der Waals surface area contributed by atoms with Crippen molar-refractivity contribution in [3.8, 4) is 0 Å². The summed E-state index contributed by atoms with van der Waals surface area (Å²) in [5.74, 6) is 0.271. The molecule has 0 aromatic carbocycles. The van der Waals surface area contributed by atoms with Crippen LogP contribution in [0.1, 0.15) is 26.2 Å². The molecular weight excluding hydrogens is 222 g/mol. The van der Waals surface area contributed by atoms with Crippen molar-refractivity contribution < 1.29 is 4.92 Å². The Morgan fingerprint density at radius 3 is 2.94 bits per heavy atom. The van der Waals surface area contributed by atoms with E-state index >= 15 is 0 Å². The van der Waals surface area contributed by atoms with Crippen LogP contribution in [0.15, 0.2) is 6.33 Å². The Bertz CT molecular complexity index is 437. The lowest BCUT2D eigenvalue weighted by Crippen LogP contribution is -2.38. The number of hydrogen-bond acceptors (Lipinski definition) is 6. The van der Waals surface area contributed by atoms with Gasteiger partial charge in [0.25, 0.3) is 0 Å². The molecule has 92 valence electrons. The lowest BCUT2D eigenvalue weighted by Gasteiger charge is -2.33. The van der Waals surface area contributed by atoms with E-state index in [1.807, 2.05) is 11.8 Å². The molecule has 1 aromatic heterocycles. The number of nitrogens with two attached hydrogens (primary N) is 1. The van der Waals surface area contributed by atoms with Crippen LogP contribution in [-0.4, -0.2) is 27.5 Å². The first-order valence-corrected chi connectivity index (χ1v) is 5.62. The zero-order valence-electron chi connectivity index (χ0n) is 9.67. The Morgan fingerprint density at radius 1 is 1.53 bits per heavy atom. The summed E-state index contributed by atoms with van der Waals surface area (Å²) in [6.07, 6.45) is 4.46. The zero-order valence-corrected chi connectivity index (χ0v) is 9.67. The quantitative estimate of drug-likeness (QED) is 0.615. The number of hydrogen-bond donors (Lipinski definition) is 1. The maximum atomic E-state index is 11.0. The first kappa shape index (κ1) is 11.6. The van der Waals surface area contributed by atoms with Crippen LogP contribution >= 0.6 is 0 Å². The fraction of sp³-hybridized carbons (Fsp3) is 0.600. The van der Waals surface area contributed by atoms with E-state index in [2.05, 4.69) is 9.97 Å². The monoisotopic (exact) mass is 237 g/mol. The minimum absolute atomic E-state index is 0.0715. The van der Waals surface area contributed by atoms with Crippen molar-refractivity contribution in [2.24, 2.45) is 0 Å². The summed E-state index contributed by atoms with van der Waals surface area (Å²) in [7, 11) is 0. The summed E-state index contributed by atoms with van der Waals surface area (Å²) in [6, 6.07) is 0.247. The van der Waals surface area contributed by atoms with E-state index < -0.39 is 4.92 Å². The van der Waals surface area contributed by atoms with Crippen molar-refractivity contribution in [3.05, 3.63) is 16.4 Å². The second-order valence-electron chi connectivity index (χ2n) is 4.23. The molecule has 1 aliphatic rings. The van der Waals surface area contributed by atoms with E-state index in [1.165, 1.54) is 6.33 Å². The summed E-state index contributed by atoms with van der Waals surface area (Å²) >= 11 is 0. The second kappa shape index (κ2) is 4.52. The van der Waals surface area contributed by atoms with Crippen molar-refractivity contribution in [2.45, 2.75) is 32.2 Å². The summed E-state index contributed by atoms with van der Waals surface area (Å²) in [4.78, 5) is 20.2. The van der Waals surface area contributed by atoms with Crippen LogP contribution in [-0.2, 0) is 0 Å². The van der Waals surface area contributed by atoms with Crippen LogP contribution in [0.3, 0.4) is 0 Å². The molecule has 0 aliphatic carbocycles. The number of piperidine rings is 1. The molecular formula is C10H15N5O2. The molecule has 17 heavy (non-hydrogen) atoms. The lowest BCUT2D eigenvalue weighted by atomic mass is 10.0. The van der Waals surface area contributed by atoms with Crippen LogP contribution < -0.4 is 10.6 Å². The molecule has 2 N–H and O–H groups in total. The van der Waals surface area contributed by atoms with E-state index in [0.29, 0.717) is 5.82 Å². The number of nitrogens with zero attached hydrogens (tertiary/aromatic N) is 4. The highest BCUT2D eigenvalue weighted by atomic mass is 16.6. The third-order valence-corrected chi connectivity index (χ3v) is 3.09. The Balaban J connectivity index is 2.43. The van der Waals surface area contributed by atoms with Gasteiger partial charge < -0.3 is 10.6 Å². The fourth-order valence-electron chi connectivity index (χ4n) is 2.18. The van der Waals surface area contributed by atoms with Gasteiger partial charge in [0, 0.05) is 12.6 Å². The van der Waals surface area contributed by atoms with Gasteiger partial charge in [-0.1, -0.05) is 0 Å². The van der Waals surface area contributed by atoms with E-state index in [9.17, 15) is 10.1 Å². The van der Waals surface area contributed by atoms with Gasteiger partial charge in [0.05, 0.1) is 4.92 Å². The third-order valence-electron chi connectivity index (χ3n) is 3.09. The molecule has 0 saturated carbocycles. The smallest absolute Gasteiger partial charge is 0.353 e. The molecule has 2 heterocycles. The van der Waals surface area contributed by atoms with Gasteiger partial charge in [-0.25, -0.2) is 9.97 Å². The maximum Gasteiger partial charge on any atom is 0.353 e. The van der Waals surface area contributed by atoms with Gasteiger partial charge in [0.15, 0.2) is 0 Å². The predicted octanol–water partition coefficient (Wildman–Crippen LogP) is 1.35. The summed E-state index contributed by atoms with van der Waals surface area (Å²) in [5.41, 5.74) is 5.38. The molecule has 0 unspecified atom stereocenters. The van der Waals surface area contributed by atoms with Crippen molar-refractivity contribution >= 4 is 17.3 Å². The molecule has 7 heteroatoms. The van der Waals surface area contributed by atoms with Gasteiger partial charge in [-0.3, -0.25) is 10.1 Å². The SMILES string of the molecule is C[C@H]1CCCCN1c1ncnc(N)c1[N+](=O)[O-]. The molecule has 2 rings (SSSR count).